The van der Waals surface area contributed by atoms with E-state index in [1.165, 1.54) is 0 Å². The van der Waals surface area contributed by atoms with E-state index < -0.39 is 0 Å². The van der Waals surface area contributed by atoms with Gasteiger partial charge < -0.3 is 23.7 Å². The van der Waals surface area contributed by atoms with Crippen molar-refractivity contribution in [1.29, 1.82) is 0 Å². The highest BCUT2D eigenvalue weighted by molar-refractivity contribution is 6.35. The maximum absolute atomic E-state index is 12.9. The molecule has 170 valence electrons. The van der Waals surface area contributed by atoms with Crippen LogP contribution in [0, 0.1) is 0 Å². The van der Waals surface area contributed by atoms with Crippen LogP contribution in [0.1, 0.15) is 5.56 Å². The van der Waals surface area contributed by atoms with Gasteiger partial charge in [0.15, 0.2) is 11.5 Å². The van der Waals surface area contributed by atoms with E-state index in [2.05, 4.69) is 4.90 Å². The average molecular weight is 458 g/mol. The maximum Gasteiger partial charge on any atom is 0.242 e. The van der Waals surface area contributed by atoms with Crippen LogP contribution in [0.15, 0.2) is 42.6 Å². The van der Waals surface area contributed by atoms with Crippen LogP contribution in [0.2, 0.25) is 5.02 Å². The van der Waals surface area contributed by atoms with Gasteiger partial charge in [0, 0.05) is 60.4 Å². The number of piperazine rings is 1. The number of aromatic nitrogens is 1. The Morgan fingerprint density at radius 1 is 0.938 bits per heavy atom. The molecule has 2 heterocycles. The molecule has 7 nitrogen and oxygen atoms in total. The van der Waals surface area contributed by atoms with E-state index in [1.807, 2.05) is 52.1 Å². The molecule has 1 aliphatic rings. The van der Waals surface area contributed by atoms with Crippen LogP contribution in [0.3, 0.4) is 0 Å². The summed E-state index contributed by atoms with van der Waals surface area (Å²) >= 11 is 6.26. The van der Waals surface area contributed by atoms with Crippen molar-refractivity contribution in [3.8, 4) is 17.2 Å². The number of methoxy groups -OCH3 is 3. The number of hydrogen-bond donors (Lipinski definition) is 0. The number of halogens is 1. The lowest BCUT2D eigenvalue weighted by molar-refractivity contribution is -0.133. The molecule has 0 spiro atoms. The number of amides is 1. The third-order valence-electron chi connectivity index (χ3n) is 5.97. The number of fused-ring (bicyclic) bond motifs is 1. The molecule has 1 aromatic heterocycles. The minimum atomic E-state index is 0.117. The fourth-order valence-corrected chi connectivity index (χ4v) is 4.49. The number of carbonyl (C=O) groups excluding carboxylic acids is 1. The van der Waals surface area contributed by atoms with E-state index in [0.29, 0.717) is 48.5 Å². The molecule has 32 heavy (non-hydrogen) atoms. The molecule has 0 unspecified atom stereocenters. The lowest BCUT2D eigenvalue weighted by atomic mass is 10.1. The third kappa shape index (κ3) is 4.36. The second kappa shape index (κ2) is 9.71. The molecule has 3 aromatic rings. The summed E-state index contributed by atoms with van der Waals surface area (Å²) in [6.45, 7) is 3.99. The quantitative estimate of drug-likeness (QED) is 0.542. The number of hydrogen-bond acceptors (Lipinski definition) is 5. The van der Waals surface area contributed by atoms with Crippen LogP contribution in [0.25, 0.3) is 10.9 Å². The lowest BCUT2D eigenvalue weighted by Crippen LogP contribution is -2.49. The van der Waals surface area contributed by atoms with Crippen LogP contribution >= 0.6 is 11.6 Å². The zero-order chi connectivity index (χ0) is 22.7. The van der Waals surface area contributed by atoms with Gasteiger partial charge in [-0.1, -0.05) is 23.7 Å². The average Bonchev–Trinajstić information content (AvgIpc) is 3.23. The van der Waals surface area contributed by atoms with Crippen LogP contribution in [0.5, 0.6) is 17.2 Å². The Hall–Kier alpha value is -2.90. The Labute approximate surface area is 193 Å². The number of benzene rings is 2. The monoisotopic (exact) mass is 457 g/mol. The van der Waals surface area contributed by atoms with Crippen molar-refractivity contribution in [2.75, 3.05) is 47.5 Å². The van der Waals surface area contributed by atoms with Gasteiger partial charge in [-0.15, -0.1) is 0 Å². The van der Waals surface area contributed by atoms with Crippen LogP contribution in [-0.2, 0) is 17.9 Å². The zero-order valence-electron chi connectivity index (χ0n) is 18.6. The molecule has 1 amide bonds. The van der Waals surface area contributed by atoms with Crippen LogP contribution < -0.4 is 14.2 Å². The molecular formula is C24H28ClN3O4. The van der Waals surface area contributed by atoms with Crippen molar-refractivity contribution in [2.45, 2.75) is 13.1 Å². The molecular weight excluding hydrogens is 430 g/mol. The van der Waals surface area contributed by atoms with Crippen molar-refractivity contribution < 1.29 is 19.0 Å². The SMILES string of the molecule is COc1ccc(CN2CCN(C(=O)Cn3ccc4c(Cl)cccc43)CC2)c(OC)c1OC. The summed E-state index contributed by atoms with van der Waals surface area (Å²) in [5.41, 5.74) is 2.01. The van der Waals surface area contributed by atoms with E-state index in [1.54, 1.807) is 21.3 Å². The molecule has 8 heteroatoms. The van der Waals surface area contributed by atoms with E-state index in [0.717, 1.165) is 29.6 Å². The molecule has 4 rings (SSSR count). The summed E-state index contributed by atoms with van der Waals surface area (Å²) < 4.78 is 18.4. The van der Waals surface area contributed by atoms with Gasteiger partial charge in [0.05, 0.1) is 21.3 Å². The number of ether oxygens (including phenoxy) is 3. The molecule has 0 bridgehead atoms. The van der Waals surface area contributed by atoms with Gasteiger partial charge in [0.1, 0.15) is 6.54 Å². The summed E-state index contributed by atoms with van der Waals surface area (Å²) in [7, 11) is 4.85. The second-order valence-electron chi connectivity index (χ2n) is 7.77. The van der Waals surface area contributed by atoms with E-state index in [4.69, 9.17) is 25.8 Å². The van der Waals surface area contributed by atoms with Crippen molar-refractivity contribution in [3.63, 3.8) is 0 Å². The number of carbonyl (C=O) groups is 1. The summed E-state index contributed by atoms with van der Waals surface area (Å²) in [4.78, 5) is 17.2. The fourth-order valence-electron chi connectivity index (χ4n) is 4.25. The molecule has 0 aliphatic carbocycles. The normalized spacial score (nSPS) is 14.6. The van der Waals surface area contributed by atoms with Crippen molar-refractivity contribution >= 4 is 28.4 Å². The van der Waals surface area contributed by atoms with Crippen molar-refractivity contribution in [3.05, 3.63) is 53.2 Å². The van der Waals surface area contributed by atoms with E-state index in [-0.39, 0.29) is 5.91 Å². The summed E-state index contributed by atoms with van der Waals surface area (Å²) in [5, 5.41) is 1.67. The highest BCUT2D eigenvalue weighted by Crippen LogP contribution is 2.40. The summed E-state index contributed by atoms with van der Waals surface area (Å²) in [6.07, 6.45) is 1.92. The molecule has 0 radical (unpaired) electrons. The van der Waals surface area contributed by atoms with Gasteiger partial charge in [-0.3, -0.25) is 9.69 Å². The number of nitrogens with zero attached hydrogens (tertiary/aromatic N) is 3. The van der Waals surface area contributed by atoms with Gasteiger partial charge in [-0.25, -0.2) is 0 Å². The standard InChI is InChI=1S/C24H28ClN3O4/c1-30-21-8-7-17(23(31-2)24(21)32-3)15-26-11-13-27(14-12-26)22(29)16-28-10-9-18-19(25)5-4-6-20(18)28/h4-10H,11-16H2,1-3H3. The lowest BCUT2D eigenvalue weighted by Gasteiger charge is -2.35. The Bertz CT molecular complexity index is 1110. The number of rotatable bonds is 7. The fraction of sp³-hybridized carbons (Fsp3) is 0.375. The van der Waals surface area contributed by atoms with Gasteiger partial charge in [-0.05, 0) is 24.3 Å². The topological polar surface area (TPSA) is 56.2 Å². The Kier molecular flexibility index (Phi) is 6.77. The van der Waals surface area contributed by atoms with Crippen LogP contribution in [-0.4, -0.2) is 67.8 Å². The van der Waals surface area contributed by atoms with Crippen LogP contribution in [0.4, 0.5) is 0 Å². The molecule has 1 fully saturated rings. The molecule has 0 saturated carbocycles. The highest BCUT2D eigenvalue weighted by atomic mass is 35.5. The minimum absolute atomic E-state index is 0.117. The molecule has 1 saturated heterocycles. The second-order valence-corrected chi connectivity index (χ2v) is 8.17. The summed E-state index contributed by atoms with van der Waals surface area (Å²) in [5.74, 6) is 2.04. The Morgan fingerprint density at radius 3 is 2.38 bits per heavy atom. The first-order chi connectivity index (χ1) is 15.5. The molecule has 2 aromatic carbocycles. The van der Waals surface area contributed by atoms with Crippen molar-refractivity contribution in [1.82, 2.24) is 14.4 Å². The third-order valence-corrected chi connectivity index (χ3v) is 6.30. The van der Waals surface area contributed by atoms with Crippen molar-refractivity contribution in [2.24, 2.45) is 0 Å². The van der Waals surface area contributed by atoms with Gasteiger partial charge in [-0.2, -0.15) is 0 Å². The largest absolute Gasteiger partial charge is 0.493 e. The first kappa shape index (κ1) is 22.3. The van der Waals surface area contributed by atoms with E-state index >= 15 is 0 Å². The zero-order valence-corrected chi connectivity index (χ0v) is 19.4. The predicted molar refractivity (Wildman–Crippen MR) is 125 cm³/mol. The van der Waals surface area contributed by atoms with Gasteiger partial charge in [0.2, 0.25) is 11.7 Å². The Morgan fingerprint density at radius 2 is 1.69 bits per heavy atom. The minimum Gasteiger partial charge on any atom is -0.493 e. The molecule has 0 atom stereocenters. The first-order valence-corrected chi connectivity index (χ1v) is 10.9. The smallest absolute Gasteiger partial charge is 0.242 e. The van der Waals surface area contributed by atoms with Gasteiger partial charge in [0.25, 0.3) is 0 Å². The Balaban J connectivity index is 1.38. The molecule has 0 N–H and O–H groups in total. The van der Waals surface area contributed by atoms with E-state index in [9.17, 15) is 4.79 Å². The summed E-state index contributed by atoms with van der Waals surface area (Å²) in [6, 6.07) is 11.6. The van der Waals surface area contributed by atoms with Gasteiger partial charge >= 0.3 is 0 Å². The first-order valence-electron chi connectivity index (χ1n) is 10.6. The maximum atomic E-state index is 12.9. The molecule has 1 aliphatic heterocycles. The highest BCUT2D eigenvalue weighted by Gasteiger charge is 2.24. The predicted octanol–water partition coefficient (Wildman–Crippen LogP) is 3.66.